The molecular formula is C13H23O4. The highest BCUT2D eigenvalue weighted by atomic mass is 16.4. The molecular weight excluding hydrogens is 220 g/mol. The van der Waals surface area contributed by atoms with Crippen molar-refractivity contribution in [1.82, 2.24) is 0 Å². The molecule has 0 aromatic rings. The average molecular weight is 243 g/mol. The van der Waals surface area contributed by atoms with Crippen molar-refractivity contribution in [1.29, 1.82) is 0 Å². The highest BCUT2D eigenvalue weighted by Gasteiger charge is 2.43. The Morgan fingerprint density at radius 2 is 1.53 bits per heavy atom. The lowest BCUT2D eigenvalue weighted by atomic mass is 9.63. The van der Waals surface area contributed by atoms with E-state index >= 15 is 0 Å². The smallest absolute Gasteiger partial charge is 0.306 e. The number of hydrogen-bond donors (Lipinski definition) is 3. The van der Waals surface area contributed by atoms with Crippen LogP contribution >= 0.6 is 0 Å². The van der Waals surface area contributed by atoms with Gasteiger partial charge in [-0.05, 0) is 50.9 Å². The van der Waals surface area contributed by atoms with E-state index in [9.17, 15) is 15.0 Å². The summed E-state index contributed by atoms with van der Waals surface area (Å²) in [6.45, 7) is 5.07. The summed E-state index contributed by atoms with van der Waals surface area (Å²) in [5.41, 5.74) is 0. The molecule has 0 aromatic heterocycles. The molecule has 1 aliphatic carbocycles. The number of aliphatic hydroxyl groups is 2. The molecule has 0 saturated heterocycles. The van der Waals surface area contributed by atoms with E-state index in [1.807, 2.05) is 0 Å². The van der Waals surface area contributed by atoms with Crippen molar-refractivity contribution < 1.29 is 20.1 Å². The van der Waals surface area contributed by atoms with Crippen molar-refractivity contribution >= 4 is 5.97 Å². The van der Waals surface area contributed by atoms with Crippen LogP contribution in [0.4, 0.5) is 0 Å². The molecule has 0 aromatic carbocycles. The number of rotatable bonds is 4. The molecule has 1 radical (unpaired) electrons. The van der Waals surface area contributed by atoms with Crippen molar-refractivity contribution in [3.8, 4) is 0 Å². The van der Waals surface area contributed by atoms with Gasteiger partial charge in [0.15, 0.2) is 0 Å². The van der Waals surface area contributed by atoms with Crippen LogP contribution in [-0.4, -0.2) is 33.5 Å². The molecule has 1 aliphatic rings. The lowest BCUT2D eigenvalue weighted by Gasteiger charge is -2.43. The van der Waals surface area contributed by atoms with E-state index < -0.39 is 24.1 Å². The first-order valence-electron chi connectivity index (χ1n) is 6.26. The van der Waals surface area contributed by atoms with Crippen LogP contribution in [0.1, 0.15) is 33.6 Å². The predicted molar refractivity (Wildman–Crippen MR) is 64.2 cm³/mol. The van der Waals surface area contributed by atoms with Crippen molar-refractivity contribution in [3.05, 3.63) is 6.42 Å². The normalized spacial score (nSPS) is 35.0. The molecule has 17 heavy (non-hydrogen) atoms. The van der Waals surface area contributed by atoms with Crippen LogP contribution in [0, 0.1) is 30.1 Å². The van der Waals surface area contributed by atoms with E-state index in [-0.39, 0.29) is 17.8 Å². The Kier molecular flexibility index (Phi) is 4.95. The number of carboxylic acid groups (broad SMARTS) is 1. The first kappa shape index (κ1) is 14.5. The molecule has 5 atom stereocenters. The van der Waals surface area contributed by atoms with Crippen molar-refractivity contribution in [2.24, 2.45) is 23.7 Å². The molecule has 3 N–H and O–H groups in total. The van der Waals surface area contributed by atoms with Crippen molar-refractivity contribution in [3.63, 3.8) is 0 Å². The molecule has 0 bridgehead atoms. The second kappa shape index (κ2) is 5.83. The van der Waals surface area contributed by atoms with Crippen LogP contribution in [0.25, 0.3) is 0 Å². The molecule has 4 nitrogen and oxygen atoms in total. The molecule has 0 heterocycles. The fourth-order valence-electron chi connectivity index (χ4n) is 3.06. The fourth-order valence-corrected chi connectivity index (χ4v) is 3.06. The van der Waals surface area contributed by atoms with Gasteiger partial charge in [-0.25, -0.2) is 0 Å². The molecule has 99 valence electrons. The third kappa shape index (κ3) is 3.19. The highest BCUT2D eigenvalue weighted by molar-refractivity contribution is 5.70. The summed E-state index contributed by atoms with van der Waals surface area (Å²) in [7, 11) is 0. The van der Waals surface area contributed by atoms with Gasteiger partial charge in [0.05, 0.1) is 18.1 Å². The first-order valence-corrected chi connectivity index (χ1v) is 6.26. The summed E-state index contributed by atoms with van der Waals surface area (Å²) in [6, 6.07) is 0. The van der Waals surface area contributed by atoms with Crippen LogP contribution in [0.15, 0.2) is 0 Å². The Morgan fingerprint density at radius 1 is 1.12 bits per heavy atom. The standard InChI is InChI=1S/C13H23O4/c1-7(13(16)17)12-10(8(2)14)5-4-6-11(12)9(3)15/h4,7-12,14-15H,5-6H2,1-3H3,(H,16,17). The van der Waals surface area contributed by atoms with Crippen LogP contribution in [0.5, 0.6) is 0 Å². The van der Waals surface area contributed by atoms with Gasteiger partial charge in [-0.2, -0.15) is 0 Å². The Bertz CT molecular complexity index is 246. The van der Waals surface area contributed by atoms with E-state index in [4.69, 9.17) is 5.11 Å². The maximum atomic E-state index is 11.2. The number of carboxylic acids is 1. The number of hydrogen-bond acceptors (Lipinski definition) is 3. The van der Waals surface area contributed by atoms with Crippen molar-refractivity contribution in [2.75, 3.05) is 0 Å². The second-order valence-electron chi connectivity index (χ2n) is 5.27. The fraction of sp³-hybridized carbons (Fsp3) is 0.846. The predicted octanol–water partition coefficient (Wildman–Crippen LogP) is 1.32. The summed E-state index contributed by atoms with van der Waals surface area (Å²) >= 11 is 0. The van der Waals surface area contributed by atoms with E-state index in [2.05, 4.69) is 6.42 Å². The summed E-state index contributed by atoms with van der Waals surface area (Å²) in [5.74, 6) is -1.71. The Balaban J connectivity index is 2.95. The summed E-state index contributed by atoms with van der Waals surface area (Å²) in [6.07, 6.45) is 2.42. The van der Waals surface area contributed by atoms with Gasteiger partial charge in [0.2, 0.25) is 0 Å². The number of aliphatic carboxylic acids is 1. The molecule has 5 unspecified atom stereocenters. The SMILES string of the molecule is CC(O)C1C[CH]CC(C(C)O)C1C(C)C(=O)O. The van der Waals surface area contributed by atoms with E-state index in [0.717, 1.165) is 12.8 Å². The molecule has 1 saturated carbocycles. The topological polar surface area (TPSA) is 77.8 Å². The zero-order chi connectivity index (χ0) is 13.2. The van der Waals surface area contributed by atoms with Crippen LogP contribution in [0.2, 0.25) is 0 Å². The van der Waals surface area contributed by atoms with Crippen LogP contribution in [-0.2, 0) is 4.79 Å². The van der Waals surface area contributed by atoms with Gasteiger partial charge >= 0.3 is 5.97 Å². The third-order valence-corrected chi connectivity index (χ3v) is 4.07. The third-order valence-electron chi connectivity index (χ3n) is 4.07. The monoisotopic (exact) mass is 243 g/mol. The minimum atomic E-state index is -0.854. The van der Waals surface area contributed by atoms with Gasteiger partial charge in [-0.15, -0.1) is 0 Å². The quantitative estimate of drug-likeness (QED) is 0.696. The summed E-state index contributed by atoms with van der Waals surface area (Å²) in [5, 5.41) is 28.7. The number of aliphatic hydroxyl groups excluding tert-OH is 2. The lowest BCUT2D eigenvalue weighted by Crippen LogP contribution is -2.44. The Hall–Kier alpha value is -0.610. The minimum Gasteiger partial charge on any atom is -0.481 e. The van der Waals surface area contributed by atoms with Crippen molar-refractivity contribution in [2.45, 2.75) is 45.8 Å². The minimum absolute atomic E-state index is 0.0746. The van der Waals surface area contributed by atoms with E-state index in [1.54, 1.807) is 20.8 Å². The Labute approximate surface area is 103 Å². The zero-order valence-electron chi connectivity index (χ0n) is 10.7. The van der Waals surface area contributed by atoms with Gasteiger partial charge in [0, 0.05) is 0 Å². The summed E-state index contributed by atoms with van der Waals surface area (Å²) < 4.78 is 0. The van der Waals surface area contributed by atoms with Gasteiger partial charge < -0.3 is 15.3 Å². The van der Waals surface area contributed by atoms with Gasteiger partial charge in [-0.1, -0.05) is 6.92 Å². The molecule has 1 rings (SSSR count). The highest BCUT2D eigenvalue weighted by Crippen LogP contribution is 2.42. The average Bonchev–Trinajstić information content (AvgIpc) is 2.26. The molecule has 1 fully saturated rings. The van der Waals surface area contributed by atoms with Gasteiger partial charge in [0.1, 0.15) is 0 Å². The number of carbonyl (C=O) groups is 1. The van der Waals surface area contributed by atoms with E-state index in [1.165, 1.54) is 0 Å². The Morgan fingerprint density at radius 3 is 1.82 bits per heavy atom. The molecule has 4 heteroatoms. The van der Waals surface area contributed by atoms with Crippen LogP contribution in [0.3, 0.4) is 0 Å². The van der Waals surface area contributed by atoms with E-state index in [0.29, 0.717) is 0 Å². The first-order chi connectivity index (χ1) is 7.86. The van der Waals surface area contributed by atoms with Gasteiger partial charge in [0.25, 0.3) is 0 Å². The largest absolute Gasteiger partial charge is 0.481 e. The maximum Gasteiger partial charge on any atom is 0.306 e. The zero-order valence-corrected chi connectivity index (χ0v) is 10.7. The summed E-state index contributed by atoms with van der Waals surface area (Å²) in [4.78, 5) is 11.2. The molecule has 0 aliphatic heterocycles. The van der Waals surface area contributed by atoms with Crippen LogP contribution < -0.4 is 0 Å². The second-order valence-corrected chi connectivity index (χ2v) is 5.27. The van der Waals surface area contributed by atoms with Gasteiger partial charge in [-0.3, -0.25) is 4.79 Å². The lowest BCUT2D eigenvalue weighted by molar-refractivity contribution is -0.147. The molecule has 0 spiro atoms. The maximum absolute atomic E-state index is 11.2. The molecule has 0 amide bonds.